The summed E-state index contributed by atoms with van der Waals surface area (Å²) in [5, 5.41) is 0. The second kappa shape index (κ2) is 3.91. The number of hydrogen-bond acceptors (Lipinski definition) is 1. The summed E-state index contributed by atoms with van der Waals surface area (Å²) in [6.45, 7) is 6.34. The van der Waals surface area contributed by atoms with E-state index >= 15 is 0 Å². The van der Waals surface area contributed by atoms with Crippen molar-refractivity contribution < 1.29 is 4.55 Å². The molecule has 0 radical (unpaired) electrons. The summed E-state index contributed by atoms with van der Waals surface area (Å²) in [4.78, 5) is 0.675. The van der Waals surface area contributed by atoms with Gasteiger partial charge >= 0.3 is 0 Å². The van der Waals surface area contributed by atoms with Crippen LogP contribution >= 0.6 is 10.7 Å². The first-order valence-corrected chi connectivity index (χ1v) is 6.07. The summed E-state index contributed by atoms with van der Waals surface area (Å²) in [5.74, 6) is 0. The molecule has 0 bridgehead atoms. The van der Waals surface area contributed by atoms with Gasteiger partial charge in [-0.25, -0.2) is 0 Å². The molecule has 0 saturated carbocycles. The highest BCUT2D eigenvalue weighted by atomic mass is 35.7. The molecule has 72 valence electrons. The van der Waals surface area contributed by atoms with Gasteiger partial charge in [0.25, 0.3) is 0 Å². The molecule has 0 aliphatic heterocycles. The molecule has 0 amide bonds. The van der Waals surface area contributed by atoms with Crippen LogP contribution in [0.15, 0.2) is 29.2 Å². The molecule has 0 heterocycles. The Bertz CT molecular complexity index is 291. The van der Waals surface area contributed by atoms with Crippen LogP contribution in [0.3, 0.4) is 0 Å². The zero-order valence-corrected chi connectivity index (χ0v) is 9.58. The Morgan fingerprint density at radius 1 is 1.31 bits per heavy atom. The van der Waals surface area contributed by atoms with Gasteiger partial charge in [-0.1, -0.05) is 32.9 Å². The van der Waals surface area contributed by atoms with Gasteiger partial charge in [0.2, 0.25) is 0 Å². The van der Waals surface area contributed by atoms with E-state index < -0.39 is 10.4 Å². The van der Waals surface area contributed by atoms with E-state index in [0.29, 0.717) is 4.90 Å². The second-order valence-electron chi connectivity index (χ2n) is 4.00. The predicted octanol–water partition coefficient (Wildman–Crippen LogP) is 3.25. The SMILES string of the molecule is CC(C)(C)c1cccc([S+]([O-])Cl)c1. The fourth-order valence-corrected chi connectivity index (χ4v) is 1.76. The lowest BCUT2D eigenvalue weighted by molar-refractivity contribution is 0.586. The molecule has 1 nitrogen and oxygen atoms in total. The summed E-state index contributed by atoms with van der Waals surface area (Å²) in [7, 11) is 4.10. The Morgan fingerprint density at radius 2 is 1.92 bits per heavy atom. The van der Waals surface area contributed by atoms with Crippen molar-refractivity contribution in [1.82, 2.24) is 0 Å². The zero-order chi connectivity index (χ0) is 10.1. The van der Waals surface area contributed by atoms with Crippen LogP contribution in [0.2, 0.25) is 0 Å². The number of hydrogen-bond donors (Lipinski definition) is 0. The molecular weight excluding hydrogens is 204 g/mol. The van der Waals surface area contributed by atoms with Gasteiger partial charge in [-0.15, -0.1) is 0 Å². The van der Waals surface area contributed by atoms with Crippen LogP contribution in [-0.2, 0) is 15.8 Å². The minimum atomic E-state index is -1.40. The normalized spacial score (nSPS) is 14.2. The van der Waals surface area contributed by atoms with Gasteiger partial charge < -0.3 is 4.55 Å². The van der Waals surface area contributed by atoms with Crippen LogP contribution in [0.5, 0.6) is 0 Å². The minimum absolute atomic E-state index is 0.0757. The van der Waals surface area contributed by atoms with Crippen molar-refractivity contribution in [3.8, 4) is 0 Å². The lowest BCUT2D eigenvalue weighted by Crippen LogP contribution is -2.11. The largest absolute Gasteiger partial charge is 0.594 e. The van der Waals surface area contributed by atoms with E-state index in [0.717, 1.165) is 5.56 Å². The highest BCUT2D eigenvalue weighted by Crippen LogP contribution is 2.25. The lowest BCUT2D eigenvalue weighted by Gasteiger charge is -2.18. The van der Waals surface area contributed by atoms with Gasteiger partial charge in [-0.2, -0.15) is 0 Å². The molecule has 0 aliphatic carbocycles. The van der Waals surface area contributed by atoms with Crippen LogP contribution in [0.1, 0.15) is 26.3 Å². The third-order valence-electron chi connectivity index (χ3n) is 1.89. The molecule has 1 aromatic rings. The first-order chi connectivity index (χ1) is 5.91. The van der Waals surface area contributed by atoms with Gasteiger partial charge in [0.15, 0.2) is 15.6 Å². The predicted molar refractivity (Wildman–Crippen MR) is 57.4 cm³/mol. The number of halogens is 1. The fourth-order valence-electron chi connectivity index (χ4n) is 1.06. The maximum atomic E-state index is 11.0. The van der Waals surface area contributed by atoms with Crippen LogP contribution < -0.4 is 0 Å². The Hall–Kier alpha value is -0.180. The van der Waals surface area contributed by atoms with Crippen molar-refractivity contribution >= 4 is 21.1 Å². The van der Waals surface area contributed by atoms with Gasteiger partial charge in [0.05, 0.1) is 0 Å². The molecule has 0 fully saturated rings. The maximum Gasteiger partial charge on any atom is 0.181 e. The summed E-state index contributed by atoms with van der Waals surface area (Å²) in [6.07, 6.45) is 0. The third kappa shape index (κ3) is 2.90. The van der Waals surface area contributed by atoms with E-state index in [1.54, 1.807) is 6.07 Å². The van der Waals surface area contributed by atoms with Gasteiger partial charge in [0, 0.05) is 0 Å². The fraction of sp³-hybridized carbons (Fsp3) is 0.400. The van der Waals surface area contributed by atoms with Crippen molar-refractivity contribution in [1.29, 1.82) is 0 Å². The van der Waals surface area contributed by atoms with Crippen molar-refractivity contribution in [3.63, 3.8) is 0 Å². The van der Waals surface area contributed by atoms with Crippen LogP contribution in [0.25, 0.3) is 0 Å². The molecular formula is C10H13ClOS. The van der Waals surface area contributed by atoms with Crippen molar-refractivity contribution in [3.05, 3.63) is 29.8 Å². The van der Waals surface area contributed by atoms with Gasteiger partial charge in [-0.05, 0) is 23.1 Å². The average molecular weight is 217 g/mol. The molecule has 1 aromatic carbocycles. The van der Waals surface area contributed by atoms with Gasteiger partial charge in [0.1, 0.15) is 10.4 Å². The molecule has 1 atom stereocenters. The van der Waals surface area contributed by atoms with E-state index in [1.165, 1.54) is 0 Å². The maximum absolute atomic E-state index is 11.0. The second-order valence-corrected chi connectivity index (χ2v) is 5.76. The highest BCUT2D eigenvalue weighted by molar-refractivity contribution is 8.13. The van der Waals surface area contributed by atoms with E-state index in [4.69, 9.17) is 10.7 Å². The van der Waals surface area contributed by atoms with Crippen molar-refractivity contribution in [2.75, 3.05) is 0 Å². The molecule has 1 rings (SSSR count). The number of rotatable bonds is 1. The van der Waals surface area contributed by atoms with Crippen molar-refractivity contribution in [2.45, 2.75) is 31.1 Å². The Morgan fingerprint density at radius 3 is 2.38 bits per heavy atom. The summed E-state index contributed by atoms with van der Waals surface area (Å²) in [5.41, 5.74) is 1.23. The van der Waals surface area contributed by atoms with Crippen LogP contribution in [0.4, 0.5) is 0 Å². The van der Waals surface area contributed by atoms with E-state index in [9.17, 15) is 4.55 Å². The standard InChI is InChI=1S/C10H13ClOS/c1-10(2,3)8-5-4-6-9(7-8)13(11)12/h4-7H,1-3H3. The lowest BCUT2D eigenvalue weighted by atomic mass is 9.87. The Balaban J connectivity index is 3.06. The minimum Gasteiger partial charge on any atom is -0.594 e. The van der Waals surface area contributed by atoms with E-state index in [-0.39, 0.29) is 5.41 Å². The highest BCUT2D eigenvalue weighted by Gasteiger charge is 2.16. The summed E-state index contributed by atoms with van der Waals surface area (Å²) < 4.78 is 11.0. The third-order valence-corrected chi connectivity index (χ3v) is 3.04. The summed E-state index contributed by atoms with van der Waals surface area (Å²) in [6, 6.07) is 7.57. The van der Waals surface area contributed by atoms with E-state index in [1.807, 2.05) is 18.2 Å². The monoisotopic (exact) mass is 216 g/mol. The Labute approximate surface area is 86.8 Å². The van der Waals surface area contributed by atoms with Crippen molar-refractivity contribution in [2.24, 2.45) is 0 Å². The molecule has 0 N–H and O–H groups in total. The van der Waals surface area contributed by atoms with Crippen LogP contribution in [-0.4, -0.2) is 4.55 Å². The zero-order valence-electron chi connectivity index (χ0n) is 8.00. The molecule has 3 heteroatoms. The van der Waals surface area contributed by atoms with E-state index in [2.05, 4.69) is 20.8 Å². The molecule has 0 saturated heterocycles. The summed E-state index contributed by atoms with van der Waals surface area (Å²) >= 11 is 0. The molecule has 13 heavy (non-hydrogen) atoms. The average Bonchev–Trinajstić information content (AvgIpc) is 2.03. The topological polar surface area (TPSA) is 23.1 Å². The quantitative estimate of drug-likeness (QED) is 0.661. The molecule has 0 aliphatic rings. The first kappa shape index (κ1) is 10.9. The first-order valence-electron chi connectivity index (χ1n) is 4.10. The van der Waals surface area contributed by atoms with Crippen LogP contribution in [0, 0.1) is 0 Å². The molecule has 0 aromatic heterocycles. The molecule has 1 unspecified atom stereocenters. The van der Waals surface area contributed by atoms with Gasteiger partial charge in [-0.3, -0.25) is 0 Å². The molecule has 0 spiro atoms. The smallest absolute Gasteiger partial charge is 0.181 e. The number of benzene rings is 1. The Kier molecular flexibility index (Phi) is 3.28.